The van der Waals surface area contributed by atoms with E-state index in [1.165, 1.54) is 7.11 Å². The lowest BCUT2D eigenvalue weighted by molar-refractivity contribution is 0.170. The number of carbonyl (C=O) groups excluding carboxylic acids is 1. The molecule has 0 unspecified atom stereocenters. The summed E-state index contributed by atoms with van der Waals surface area (Å²) in [6.07, 6.45) is 6.31. The monoisotopic (exact) mass is 675 g/mol. The van der Waals surface area contributed by atoms with Gasteiger partial charge in [0.15, 0.2) is 17.2 Å². The van der Waals surface area contributed by atoms with Gasteiger partial charge < -0.3 is 20.1 Å². The number of carbonyl (C=O) groups is 1. The van der Waals surface area contributed by atoms with Crippen LogP contribution < -0.4 is 24.8 Å². The van der Waals surface area contributed by atoms with Crippen molar-refractivity contribution in [3.05, 3.63) is 77.2 Å². The number of anilines is 2. The molecule has 256 valence electrons. The molecule has 2 aromatic heterocycles. The molecule has 2 aromatic carbocycles. The maximum atomic E-state index is 13.5. The second-order valence-electron chi connectivity index (χ2n) is 14.1. The number of hydrogen-bond donors (Lipinski definition) is 3. The highest BCUT2D eigenvalue weighted by Crippen LogP contribution is 2.42. The Kier molecular flexibility index (Phi) is 8.79. The van der Waals surface area contributed by atoms with Gasteiger partial charge in [-0.3, -0.25) is 14.0 Å². The summed E-state index contributed by atoms with van der Waals surface area (Å²) in [6.45, 7) is 9.27. The van der Waals surface area contributed by atoms with E-state index in [1.807, 2.05) is 73.8 Å². The lowest BCUT2D eigenvalue weighted by Crippen LogP contribution is -2.37. The molecule has 3 atom stereocenters. The first-order chi connectivity index (χ1) is 22.7. The number of likely N-dealkylation sites (tertiary alicyclic amines) is 1. The van der Waals surface area contributed by atoms with Gasteiger partial charge in [0.2, 0.25) is 10.0 Å². The van der Waals surface area contributed by atoms with Crippen molar-refractivity contribution in [2.45, 2.75) is 76.5 Å². The molecule has 4 aromatic rings. The number of sulfonamides is 1. The van der Waals surface area contributed by atoms with Crippen molar-refractivity contribution in [1.82, 2.24) is 24.8 Å². The van der Waals surface area contributed by atoms with Crippen LogP contribution in [-0.4, -0.2) is 60.9 Å². The largest absolute Gasteiger partial charge is 0.492 e. The van der Waals surface area contributed by atoms with Gasteiger partial charge in [-0.05, 0) is 92.6 Å². The SMILES string of the molecule is COc1c(NC(=O)N[C@H]2CC[C@@H](Oc3ccc4nnc([C@]5(C)CCCN5C)n4c3)c3ccccc32)cc(C(C)(C)C)cc1NS(C)(=O)=O. The van der Waals surface area contributed by atoms with E-state index < -0.39 is 16.1 Å². The molecule has 13 heteroatoms. The Labute approximate surface area is 282 Å². The zero-order chi connectivity index (χ0) is 34.4. The van der Waals surface area contributed by atoms with Crippen LogP contribution in [0.1, 0.15) is 88.0 Å². The molecule has 1 aliphatic carbocycles. The van der Waals surface area contributed by atoms with Gasteiger partial charge in [0.25, 0.3) is 0 Å². The van der Waals surface area contributed by atoms with Crippen molar-refractivity contribution in [2.75, 3.05) is 37.0 Å². The van der Waals surface area contributed by atoms with Gasteiger partial charge in [0, 0.05) is 0 Å². The molecule has 12 nitrogen and oxygen atoms in total. The zero-order valence-electron chi connectivity index (χ0n) is 28.6. The minimum atomic E-state index is -3.60. The smallest absolute Gasteiger partial charge is 0.319 e. The molecule has 0 radical (unpaired) electrons. The van der Waals surface area contributed by atoms with Crippen LogP contribution in [0.3, 0.4) is 0 Å². The molecule has 0 bridgehead atoms. The minimum Gasteiger partial charge on any atom is -0.492 e. The lowest BCUT2D eigenvalue weighted by atomic mass is 9.85. The summed E-state index contributed by atoms with van der Waals surface area (Å²) in [7, 11) is -0.0300. The van der Waals surface area contributed by atoms with E-state index >= 15 is 0 Å². The predicted octanol–water partition coefficient (Wildman–Crippen LogP) is 6.12. The first kappa shape index (κ1) is 33.5. The highest BCUT2D eigenvalue weighted by Gasteiger charge is 2.40. The van der Waals surface area contributed by atoms with E-state index in [2.05, 4.69) is 44.4 Å². The van der Waals surface area contributed by atoms with Gasteiger partial charge in [-0.15, -0.1) is 10.2 Å². The van der Waals surface area contributed by atoms with Crippen molar-refractivity contribution >= 4 is 33.1 Å². The number of ether oxygens (including phenoxy) is 2. The molecule has 6 rings (SSSR count). The number of hydrogen-bond acceptors (Lipinski definition) is 8. The van der Waals surface area contributed by atoms with Gasteiger partial charge in [0.05, 0.1) is 42.5 Å². The average molecular weight is 676 g/mol. The van der Waals surface area contributed by atoms with E-state index in [-0.39, 0.29) is 34.5 Å². The fourth-order valence-electron chi connectivity index (χ4n) is 6.84. The highest BCUT2D eigenvalue weighted by atomic mass is 32.2. The number of aromatic nitrogens is 3. The average Bonchev–Trinajstić information content (AvgIpc) is 3.59. The third-order valence-corrected chi connectivity index (χ3v) is 10.2. The topological polar surface area (TPSA) is 139 Å². The number of nitrogens with zero attached hydrogens (tertiary/aromatic N) is 4. The highest BCUT2D eigenvalue weighted by molar-refractivity contribution is 7.92. The first-order valence-corrected chi connectivity index (χ1v) is 18.2. The molecule has 48 heavy (non-hydrogen) atoms. The fourth-order valence-corrected chi connectivity index (χ4v) is 7.39. The van der Waals surface area contributed by atoms with Crippen LogP contribution in [0.5, 0.6) is 11.5 Å². The zero-order valence-corrected chi connectivity index (χ0v) is 29.4. The molecule has 2 amide bonds. The molecule has 1 aliphatic heterocycles. The molecule has 3 heterocycles. The normalized spacial score (nSPS) is 21.5. The maximum Gasteiger partial charge on any atom is 0.319 e. The standard InChI is InChI=1S/C35H45N7O5S/c1-34(2,3)22-19-27(31(46-6)28(20-22)40-48(7,44)45)37-33(43)36-26-14-15-29(25-12-9-8-11-24(25)26)47-23-13-16-30-38-39-32(42(30)21-23)35(4)17-10-18-41(35)5/h8-9,11-13,16,19-21,26,29,40H,10,14-15,17-18H2,1-7H3,(H2,36,37,43)/t26-,29+,35-/m0/s1. The quantitative estimate of drug-likeness (QED) is 0.203. The summed E-state index contributed by atoms with van der Waals surface area (Å²) in [4.78, 5) is 15.8. The number of benzene rings is 2. The van der Waals surface area contributed by atoms with Crippen LogP contribution in [0.4, 0.5) is 16.2 Å². The molecule has 3 N–H and O–H groups in total. The summed E-state index contributed by atoms with van der Waals surface area (Å²) in [5.74, 6) is 1.86. The molecule has 1 fully saturated rings. The summed E-state index contributed by atoms with van der Waals surface area (Å²) in [5.41, 5.74) is 3.69. The van der Waals surface area contributed by atoms with E-state index in [0.717, 1.165) is 59.6 Å². The molecule has 0 spiro atoms. The van der Waals surface area contributed by atoms with E-state index in [0.29, 0.717) is 18.5 Å². The van der Waals surface area contributed by atoms with Gasteiger partial charge in [-0.1, -0.05) is 45.0 Å². The Balaban J connectivity index is 1.22. The summed E-state index contributed by atoms with van der Waals surface area (Å²) in [5, 5.41) is 15.0. The van der Waals surface area contributed by atoms with Crippen molar-refractivity contribution in [2.24, 2.45) is 0 Å². The van der Waals surface area contributed by atoms with E-state index in [1.54, 1.807) is 6.07 Å². The molecular weight excluding hydrogens is 630 g/mol. The number of pyridine rings is 1. The number of nitrogens with one attached hydrogen (secondary N) is 3. The van der Waals surface area contributed by atoms with Crippen LogP contribution in [0, 0.1) is 0 Å². The summed E-state index contributed by atoms with van der Waals surface area (Å²) in [6, 6.07) is 14.7. The minimum absolute atomic E-state index is 0.196. The molecule has 0 saturated carbocycles. The molecule has 1 saturated heterocycles. The Bertz CT molecular complexity index is 1950. The maximum absolute atomic E-state index is 13.5. The van der Waals surface area contributed by atoms with Crippen LogP contribution in [0.25, 0.3) is 5.65 Å². The Morgan fingerprint density at radius 1 is 1.04 bits per heavy atom. The van der Waals surface area contributed by atoms with Crippen LogP contribution in [0.2, 0.25) is 0 Å². The van der Waals surface area contributed by atoms with Crippen LogP contribution >= 0.6 is 0 Å². The number of rotatable bonds is 8. The molecular formula is C35H45N7O5S. The van der Waals surface area contributed by atoms with Gasteiger partial charge in [-0.25, -0.2) is 13.2 Å². The number of methoxy groups -OCH3 is 1. The summed E-state index contributed by atoms with van der Waals surface area (Å²) >= 11 is 0. The Morgan fingerprint density at radius 2 is 1.77 bits per heavy atom. The Morgan fingerprint density at radius 3 is 2.44 bits per heavy atom. The van der Waals surface area contributed by atoms with Crippen molar-refractivity contribution in [3.63, 3.8) is 0 Å². The van der Waals surface area contributed by atoms with Gasteiger partial charge >= 0.3 is 6.03 Å². The van der Waals surface area contributed by atoms with Crippen LogP contribution in [0.15, 0.2) is 54.7 Å². The van der Waals surface area contributed by atoms with Gasteiger partial charge in [-0.2, -0.15) is 0 Å². The second kappa shape index (κ2) is 12.6. The number of urea groups is 1. The predicted molar refractivity (Wildman–Crippen MR) is 186 cm³/mol. The lowest BCUT2D eigenvalue weighted by Gasteiger charge is -2.32. The van der Waals surface area contributed by atoms with Crippen molar-refractivity contribution in [3.8, 4) is 11.5 Å². The third kappa shape index (κ3) is 6.66. The third-order valence-electron chi connectivity index (χ3n) is 9.58. The Hall–Kier alpha value is -4.36. The summed E-state index contributed by atoms with van der Waals surface area (Å²) < 4.78 is 41.0. The van der Waals surface area contributed by atoms with E-state index in [9.17, 15) is 13.2 Å². The van der Waals surface area contributed by atoms with Crippen LogP contribution in [-0.2, 0) is 21.0 Å². The number of amides is 2. The van der Waals surface area contributed by atoms with E-state index in [4.69, 9.17) is 9.47 Å². The second-order valence-corrected chi connectivity index (χ2v) is 15.9. The fraction of sp³-hybridized carbons (Fsp3) is 0.457. The van der Waals surface area contributed by atoms with Crippen molar-refractivity contribution < 1.29 is 22.7 Å². The van der Waals surface area contributed by atoms with Gasteiger partial charge in [0.1, 0.15) is 11.9 Å². The van der Waals surface area contributed by atoms with Crippen molar-refractivity contribution in [1.29, 1.82) is 0 Å². The molecule has 2 aliphatic rings. The first-order valence-electron chi connectivity index (χ1n) is 16.3. The number of fused-ring (bicyclic) bond motifs is 2.